The second kappa shape index (κ2) is 7.26. The number of benzene rings is 2. The first-order valence-electron chi connectivity index (χ1n) is 7.74. The molecule has 0 saturated heterocycles. The lowest BCUT2D eigenvalue weighted by Gasteiger charge is -2.14. The van der Waals surface area contributed by atoms with E-state index >= 15 is 0 Å². The van der Waals surface area contributed by atoms with Gasteiger partial charge in [0.05, 0.1) is 21.3 Å². The van der Waals surface area contributed by atoms with Crippen LogP contribution in [0.1, 0.15) is 11.1 Å². The Kier molecular flexibility index (Phi) is 4.88. The number of carbonyl (C=O) groups is 1. The summed E-state index contributed by atoms with van der Waals surface area (Å²) in [5.74, 6) is 0.838. The molecule has 1 heterocycles. The number of rotatable bonds is 5. The summed E-state index contributed by atoms with van der Waals surface area (Å²) in [4.78, 5) is 16.5. The lowest BCUT2D eigenvalue weighted by Crippen LogP contribution is -2.24. The van der Waals surface area contributed by atoms with Crippen LogP contribution in [-0.2, 0) is 4.79 Å². The summed E-state index contributed by atoms with van der Waals surface area (Å²) < 4.78 is 29.4. The molecule has 0 spiro atoms. The van der Waals surface area contributed by atoms with E-state index in [0.717, 1.165) is 0 Å². The molecule has 1 aliphatic heterocycles. The minimum atomic E-state index is -0.404. The van der Waals surface area contributed by atoms with Gasteiger partial charge in [-0.15, -0.1) is 0 Å². The Hall–Kier alpha value is -3.35. The van der Waals surface area contributed by atoms with Gasteiger partial charge in [-0.25, -0.2) is 9.38 Å². The van der Waals surface area contributed by atoms with E-state index in [1.807, 2.05) is 0 Å². The monoisotopic (exact) mass is 356 g/mol. The second-order valence-corrected chi connectivity index (χ2v) is 5.38. The molecule has 0 aromatic heterocycles. The number of hydrogen-bond donors (Lipinski definition) is 1. The third-order valence-corrected chi connectivity index (χ3v) is 3.82. The van der Waals surface area contributed by atoms with Gasteiger partial charge in [0.2, 0.25) is 5.75 Å². The van der Waals surface area contributed by atoms with Gasteiger partial charge in [-0.05, 0) is 30.3 Å². The highest BCUT2D eigenvalue weighted by molar-refractivity contribution is 6.19. The van der Waals surface area contributed by atoms with Crippen molar-refractivity contribution in [2.24, 2.45) is 4.99 Å². The van der Waals surface area contributed by atoms with Crippen molar-refractivity contribution >= 4 is 17.8 Å². The molecule has 1 N–H and O–H groups in total. The maximum atomic E-state index is 13.4. The number of halogens is 1. The molecule has 0 atom stereocenters. The van der Waals surface area contributed by atoms with Crippen molar-refractivity contribution in [2.75, 3.05) is 21.3 Å². The number of nitrogens with zero attached hydrogens (tertiary/aromatic N) is 1. The van der Waals surface area contributed by atoms with Gasteiger partial charge >= 0.3 is 0 Å². The van der Waals surface area contributed by atoms with Crippen LogP contribution < -0.4 is 19.5 Å². The van der Waals surface area contributed by atoms with Gasteiger partial charge in [0, 0.05) is 11.1 Å². The molecule has 7 heteroatoms. The van der Waals surface area contributed by atoms with Gasteiger partial charge < -0.3 is 19.5 Å². The van der Waals surface area contributed by atoms with Gasteiger partial charge in [0.25, 0.3) is 5.91 Å². The molecule has 0 saturated carbocycles. The van der Waals surface area contributed by atoms with E-state index in [4.69, 9.17) is 14.2 Å². The Balaban J connectivity index is 2.03. The molecule has 0 radical (unpaired) electrons. The van der Waals surface area contributed by atoms with Crippen LogP contribution in [-0.4, -0.2) is 33.1 Å². The molecule has 0 aliphatic carbocycles. The molecule has 6 nitrogen and oxygen atoms in total. The summed E-state index contributed by atoms with van der Waals surface area (Å²) in [6.45, 7) is 0. The predicted molar refractivity (Wildman–Crippen MR) is 95.2 cm³/mol. The Morgan fingerprint density at radius 3 is 2.46 bits per heavy atom. The zero-order chi connectivity index (χ0) is 18.7. The highest BCUT2D eigenvalue weighted by Crippen LogP contribution is 2.40. The summed E-state index contributed by atoms with van der Waals surface area (Å²) in [6, 6.07) is 9.29. The predicted octanol–water partition coefficient (Wildman–Crippen LogP) is 2.77. The van der Waals surface area contributed by atoms with E-state index < -0.39 is 5.82 Å². The van der Waals surface area contributed by atoms with Crippen LogP contribution in [0.5, 0.6) is 17.2 Å². The largest absolute Gasteiger partial charge is 0.493 e. The Morgan fingerprint density at radius 1 is 1.04 bits per heavy atom. The average Bonchev–Trinajstić information content (AvgIpc) is 3.01. The number of amides is 1. The molecule has 0 unspecified atom stereocenters. The molecular formula is C19H17FN2O4. The summed E-state index contributed by atoms with van der Waals surface area (Å²) >= 11 is 0. The Bertz CT molecular complexity index is 922. The number of hydrogen-bond acceptors (Lipinski definition) is 5. The highest BCUT2D eigenvalue weighted by Gasteiger charge is 2.23. The molecule has 1 amide bonds. The molecule has 26 heavy (non-hydrogen) atoms. The highest BCUT2D eigenvalue weighted by atomic mass is 19.1. The summed E-state index contributed by atoms with van der Waals surface area (Å²) in [6.07, 6.45) is 1.57. The van der Waals surface area contributed by atoms with Crippen molar-refractivity contribution in [1.29, 1.82) is 0 Å². The number of carbonyl (C=O) groups excluding carboxylic acids is 1. The van der Waals surface area contributed by atoms with Gasteiger partial charge in [0.1, 0.15) is 17.3 Å². The van der Waals surface area contributed by atoms with Crippen LogP contribution in [0.4, 0.5) is 4.39 Å². The van der Waals surface area contributed by atoms with Gasteiger partial charge in [-0.3, -0.25) is 4.79 Å². The fourth-order valence-electron chi connectivity index (χ4n) is 2.63. The third-order valence-electron chi connectivity index (χ3n) is 3.82. The molecule has 0 fully saturated rings. The molecule has 3 rings (SSSR count). The van der Waals surface area contributed by atoms with Crippen LogP contribution in [0.15, 0.2) is 47.1 Å². The van der Waals surface area contributed by atoms with Crippen molar-refractivity contribution in [2.45, 2.75) is 0 Å². The smallest absolute Gasteiger partial charge is 0.275 e. The lowest BCUT2D eigenvalue weighted by molar-refractivity contribution is -0.115. The van der Waals surface area contributed by atoms with Crippen LogP contribution in [0, 0.1) is 5.82 Å². The zero-order valence-corrected chi connectivity index (χ0v) is 14.5. The maximum Gasteiger partial charge on any atom is 0.275 e. The van der Waals surface area contributed by atoms with Crippen LogP contribution in [0.25, 0.3) is 6.08 Å². The standard InChI is InChI=1S/C19H17FN2O4/c1-24-15-8-7-11(16(25-2)17(15)26-3)10-14-19(23)22-18(21-14)12-5-4-6-13(20)9-12/h4-10H,1-3H3,(H,21,22,23). The first-order valence-corrected chi connectivity index (χ1v) is 7.74. The van der Waals surface area contributed by atoms with E-state index in [2.05, 4.69) is 10.3 Å². The fourth-order valence-corrected chi connectivity index (χ4v) is 2.63. The van der Waals surface area contributed by atoms with Gasteiger partial charge in [-0.1, -0.05) is 12.1 Å². The fraction of sp³-hybridized carbons (Fsp3) is 0.158. The SMILES string of the molecule is COc1ccc(C=C2N=C(c3cccc(F)c3)NC2=O)c(OC)c1OC. The van der Waals surface area contributed by atoms with E-state index in [1.54, 1.807) is 30.3 Å². The number of amidine groups is 1. The van der Waals surface area contributed by atoms with Gasteiger partial charge in [0.15, 0.2) is 11.5 Å². The van der Waals surface area contributed by atoms with Crippen LogP contribution in [0.2, 0.25) is 0 Å². The van der Waals surface area contributed by atoms with Crippen molar-refractivity contribution in [3.63, 3.8) is 0 Å². The van der Waals surface area contributed by atoms with Crippen LogP contribution in [0.3, 0.4) is 0 Å². The molecule has 2 aromatic carbocycles. The first kappa shape index (κ1) is 17.5. The van der Waals surface area contributed by atoms with Crippen molar-refractivity contribution < 1.29 is 23.4 Å². The average molecular weight is 356 g/mol. The second-order valence-electron chi connectivity index (χ2n) is 5.38. The van der Waals surface area contributed by atoms with E-state index in [1.165, 1.54) is 33.5 Å². The normalized spacial score (nSPS) is 14.8. The van der Waals surface area contributed by atoms with Gasteiger partial charge in [-0.2, -0.15) is 0 Å². The van der Waals surface area contributed by atoms with E-state index in [-0.39, 0.29) is 11.6 Å². The summed E-state index contributed by atoms with van der Waals surface area (Å²) in [5, 5.41) is 2.64. The quantitative estimate of drug-likeness (QED) is 0.837. The molecule has 1 aliphatic rings. The number of nitrogens with one attached hydrogen (secondary N) is 1. The van der Waals surface area contributed by atoms with Crippen molar-refractivity contribution in [3.05, 3.63) is 59.0 Å². The molecule has 134 valence electrons. The molecule has 0 bridgehead atoms. The van der Waals surface area contributed by atoms with E-state index in [0.29, 0.717) is 34.2 Å². The molecular weight excluding hydrogens is 339 g/mol. The number of ether oxygens (including phenoxy) is 3. The minimum absolute atomic E-state index is 0.176. The van der Waals surface area contributed by atoms with Crippen LogP contribution >= 0.6 is 0 Å². The number of aliphatic imine (C=N–C) groups is 1. The van der Waals surface area contributed by atoms with Crippen molar-refractivity contribution in [1.82, 2.24) is 5.32 Å². The zero-order valence-electron chi connectivity index (χ0n) is 14.5. The maximum absolute atomic E-state index is 13.4. The first-order chi connectivity index (χ1) is 12.6. The molecule has 2 aromatic rings. The van der Waals surface area contributed by atoms with Crippen molar-refractivity contribution in [3.8, 4) is 17.2 Å². The van der Waals surface area contributed by atoms with E-state index in [9.17, 15) is 9.18 Å². The Morgan fingerprint density at radius 2 is 1.81 bits per heavy atom. The minimum Gasteiger partial charge on any atom is -0.493 e. The number of methoxy groups -OCH3 is 3. The Labute approximate surface area is 149 Å². The summed E-state index contributed by atoms with van der Waals surface area (Å²) in [5.41, 5.74) is 1.26. The lowest BCUT2D eigenvalue weighted by atomic mass is 10.1. The third kappa shape index (κ3) is 3.23. The topological polar surface area (TPSA) is 69.2 Å². The summed E-state index contributed by atoms with van der Waals surface area (Å²) in [7, 11) is 4.52.